The number of nitriles is 1. The Balaban J connectivity index is 2.38. The van der Waals surface area contributed by atoms with Crippen molar-refractivity contribution in [2.75, 3.05) is 0 Å². The van der Waals surface area contributed by atoms with Crippen molar-refractivity contribution >= 4 is 23.3 Å². The number of rotatable bonds is 1. The maximum Gasteiger partial charge on any atom is 0.182 e. The Bertz CT molecular complexity index is 915. The van der Waals surface area contributed by atoms with E-state index in [1.807, 2.05) is 13.0 Å². The first-order valence-electron chi connectivity index (χ1n) is 6.01. The quantitative estimate of drug-likeness (QED) is 0.686. The second-order valence-corrected chi connectivity index (χ2v) is 4.95. The van der Waals surface area contributed by atoms with Crippen molar-refractivity contribution in [3.8, 4) is 11.8 Å². The summed E-state index contributed by atoms with van der Waals surface area (Å²) in [4.78, 5) is 3.02. The number of benzene rings is 2. The maximum absolute atomic E-state index is 14.2. The highest BCUT2D eigenvalue weighted by Gasteiger charge is 2.11. The highest BCUT2D eigenvalue weighted by molar-refractivity contribution is 7.71. The monoisotopic (exact) mass is 283 g/mol. The molecule has 0 aliphatic heterocycles. The minimum atomic E-state index is -0.343. The molecule has 3 aromatic rings. The Labute approximate surface area is 119 Å². The third kappa shape index (κ3) is 1.91. The molecule has 1 aromatic heterocycles. The number of fused-ring (bicyclic) bond motifs is 1. The van der Waals surface area contributed by atoms with Crippen LogP contribution in [0.1, 0.15) is 11.1 Å². The van der Waals surface area contributed by atoms with Gasteiger partial charge in [0, 0.05) is 0 Å². The summed E-state index contributed by atoms with van der Waals surface area (Å²) in [5, 5.41) is 8.99. The van der Waals surface area contributed by atoms with E-state index in [2.05, 4.69) is 11.1 Å². The molecule has 0 saturated heterocycles. The van der Waals surface area contributed by atoms with Gasteiger partial charge in [-0.25, -0.2) is 4.39 Å². The second kappa shape index (κ2) is 4.58. The van der Waals surface area contributed by atoms with Gasteiger partial charge in [0.1, 0.15) is 5.82 Å². The molecule has 5 heteroatoms. The first kappa shape index (κ1) is 12.6. The summed E-state index contributed by atoms with van der Waals surface area (Å²) in [7, 11) is 0. The van der Waals surface area contributed by atoms with E-state index < -0.39 is 0 Å². The van der Waals surface area contributed by atoms with Gasteiger partial charge in [-0.15, -0.1) is 0 Å². The van der Waals surface area contributed by atoms with E-state index in [0.29, 0.717) is 21.5 Å². The molecule has 1 heterocycles. The molecule has 2 aromatic carbocycles. The van der Waals surface area contributed by atoms with Crippen LogP contribution in [-0.4, -0.2) is 9.55 Å². The normalized spacial score (nSPS) is 10.7. The van der Waals surface area contributed by atoms with Crippen molar-refractivity contribution in [3.05, 3.63) is 58.1 Å². The summed E-state index contributed by atoms with van der Waals surface area (Å²) in [5.74, 6) is -0.343. The van der Waals surface area contributed by atoms with Crippen molar-refractivity contribution in [1.82, 2.24) is 9.55 Å². The van der Waals surface area contributed by atoms with Crippen LogP contribution in [0, 0.1) is 28.8 Å². The average Bonchev–Trinajstić information content (AvgIpc) is 2.74. The molecule has 0 fully saturated rings. The second-order valence-electron chi connectivity index (χ2n) is 4.56. The number of hydrogen-bond donors (Lipinski definition) is 1. The predicted octanol–water partition coefficient (Wildman–Crippen LogP) is 4.01. The Morgan fingerprint density at radius 1 is 1.25 bits per heavy atom. The van der Waals surface area contributed by atoms with Crippen molar-refractivity contribution in [3.63, 3.8) is 0 Å². The van der Waals surface area contributed by atoms with Gasteiger partial charge in [-0.2, -0.15) is 5.26 Å². The van der Waals surface area contributed by atoms with E-state index in [9.17, 15) is 4.39 Å². The highest BCUT2D eigenvalue weighted by Crippen LogP contribution is 2.23. The van der Waals surface area contributed by atoms with Gasteiger partial charge in [0.2, 0.25) is 0 Å². The molecule has 0 saturated carbocycles. The van der Waals surface area contributed by atoms with Crippen LogP contribution in [-0.2, 0) is 0 Å². The first-order chi connectivity index (χ1) is 9.60. The molecule has 0 spiro atoms. The van der Waals surface area contributed by atoms with Crippen LogP contribution in [0.5, 0.6) is 0 Å². The number of imidazole rings is 1. The number of nitrogens with zero attached hydrogens (tertiary/aromatic N) is 2. The molecule has 0 aliphatic rings. The summed E-state index contributed by atoms with van der Waals surface area (Å²) >= 11 is 5.26. The van der Waals surface area contributed by atoms with Crippen LogP contribution in [0.2, 0.25) is 0 Å². The lowest BCUT2D eigenvalue weighted by molar-refractivity contribution is 0.617. The lowest BCUT2D eigenvalue weighted by atomic mass is 10.2. The van der Waals surface area contributed by atoms with Crippen molar-refractivity contribution in [2.24, 2.45) is 0 Å². The number of nitrogens with one attached hydrogen (secondary N) is 1. The summed E-state index contributed by atoms with van der Waals surface area (Å²) in [6, 6.07) is 12.2. The van der Waals surface area contributed by atoms with Crippen LogP contribution in [0.15, 0.2) is 36.4 Å². The molecule has 0 amide bonds. The van der Waals surface area contributed by atoms with Crippen LogP contribution >= 0.6 is 12.2 Å². The number of halogens is 1. The van der Waals surface area contributed by atoms with E-state index in [-0.39, 0.29) is 5.82 Å². The largest absolute Gasteiger partial charge is 0.330 e. The van der Waals surface area contributed by atoms with Crippen LogP contribution in [0.25, 0.3) is 16.7 Å². The molecular formula is C15H10FN3S. The molecule has 20 heavy (non-hydrogen) atoms. The number of hydrogen-bond acceptors (Lipinski definition) is 2. The lowest BCUT2D eigenvalue weighted by Gasteiger charge is -2.07. The molecule has 0 radical (unpaired) electrons. The van der Waals surface area contributed by atoms with Crippen molar-refractivity contribution in [1.29, 1.82) is 5.26 Å². The van der Waals surface area contributed by atoms with Crippen molar-refractivity contribution < 1.29 is 4.39 Å². The molecular weight excluding hydrogens is 273 g/mol. The summed E-state index contributed by atoms with van der Waals surface area (Å²) in [6.07, 6.45) is 0. The number of aromatic amines is 1. The lowest BCUT2D eigenvalue weighted by Crippen LogP contribution is -1.98. The highest BCUT2D eigenvalue weighted by atomic mass is 32.1. The number of aromatic nitrogens is 2. The smallest absolute Gasteiger partial charge is 0.182 e. The Morgan fingerprint density at radius 3 is 2.75 bits per heavy atom. The van der Waals surface area contributed by atoms with Gasteiger partial charge >= 0.3 is 0 Å². The van der Waals surface area contributed by atoms with Gasteiger partial charge in [0.15, 0.2) is 4.77 Å². The zero-order valence-corrected chi connectivity index (χ0v) is 11.5. The standard InChI is InChI=1S/C15H10FN3S/c1-9-2-5-13(11(16)6-9)19-14-7-10(8-17)3-4-12(14)18-15(19)20/h2-7H,1H3,(H,18,20). The van der Waals surface area contributed by atoms with E-state index in [1.54, 1.807) is 28.8 Å². The fourth-order valence-electron chi connectivity index (χ4n) is 2.20. The number of H-pyrrole nitrogens is 1. The minimum Gasteiger partial charge on any atom is -0.330 e. The molecule has 3 rings (SSSR count). The molecule has 98 valence electrons. The minimum absolute atomic E-state index is 0.343. The van der Waals surface area contributed by atoms with E-state index in [4.69, 9.17) is 17.5 Å². The maximum atomic E-state index is 14.2. The molecule has 0 atom stereocenters. The topological polar surface area (TPSA) is 44.5 Å². The summed E-state index contributed by atoms with van der Waals surface area (Å²) in [5.41, 5.74) is 3.19. The van der Waals surface area contributed by atoms with Crippen molar-refractivity contribution in [2.45, 2.75) is 6.92 Å². The van der Waals surface area contributed by atoms with E-state index in [0.717, 1.165) is 11.1 Å². The predicted molar refractivity (Wildman–Crippen MR) is 77.9 cm³/mol. The number of aryl methyl sites for hydroxylation is 1. The zero-order chi connectivity index (χ0) is 14.3. The molecule has 0 bridgehead atoms. The third-order valence-electron chi connectivity index (χ3n) is 3.16. The fourth-order valence-corrected chi connectivity index (χ4v) is 2.51. The van der Waals surface area contributed by atoms with Gasteiger partial charge < -0.3 is 4.98 Å². The van der Waals surface area contributed by atoms with Gasteiger partial charge in [-0.1, -0.05) is 6.07 Å². The van der Waals surface area contributed by atoms with Gasteiger partial charge in [-0.3, -0.25) is 4.57 Å². The summed E-state index contributed by atoms with van der Waals surface area (Å²) in [6.45, 7) is 1.83. The van der Waals surface area contributed by atoms with Gasteiger partial charge in [0.25, 0.3) is 0 Å². The van der Waals surface area contributed by atoms with E-state index >= 15 is 0 Å². The third-order valence-corrected chi connectivity index (χ3v) is 3.44. The molecule has 1 N–H and O–H groups in total. The Morgan fingerprint density at radius 2 is 2.05 bits per heavy atom. The fraction of sp³-hybridized carbons (Fsp3) is 0.0667. The molecule has 0 aliphatic carbocycles. The Kier molecular flexibility index (Phi) is 2.88. The van der Waals surface area contributed by atoms with Crippen LogP contribution < -0.4 is 0 Å². The SMILES string of the molecule is Cc1ccc(-n2c(=S)[nH]c3ccc(C#N)cc32)c(F)c1. The van der Waals surface area contributed by atoms with Crippen LogP contribution in [0.3, 0.4) is 0 Å². The zero-order valence-electron chi connectivity index (χ0n) is 10.6. The molecule has 3 nitrogen and oxygen atoms in total. The average molecular weight is 283 g/mol. The van der Waals surface area contributed by atoms with Crippen LogP contribution in [0.4, 0.5) is 4.39 Å². The van der Waals surface area contributed by atoms with Gasteiger partial charge in [-0.05, 0) is 55.0 Å². The van der Waals surface area contributed by atoms with Gasteiger partial charge in [0.05, 0.1) is 28.4 Å². The molecule has 0 unspecified atom stereocenters. The Hall–Kier alpha value is -2.45. The summed E-state index contributed by atoms with van der Waals surface area (Å²) < 4.78 is 16.2. The first-order valence-corrected chi connectivity index (χ1v) is 6.42. The van der Waals surface area contributed by atoms with E-state index in [1.165, 1.54) is 6.07 Å².